The maximum absolute atomic E-state index is 4.52. The summed E-state index contributed by atoms with van der Waals surface area (Å²) in [5.41, 5.74) is 2.26. The lowest BCUT2D eigenvalue weighted by Gasteiger charge is -2.24. The third kappa shape index (κ3) is 3.22. The third-order valence-corrected chi connectivity index (χ3v) is 3.75. The molecule has 0 saturated carbocycles. The Hall–Kier alpha value is -1.94. The summed E-state index contributed by atoms with van der Waals surface area (Å²) in [5, 5.41) is 2.00. The quantitative estimate of drug-likeness (QED) is 0.656. The molecule has 21 heavy (non-hydrogen) atoms. The number of benzene rings is 2. The van der Waals surface area contributed by atoms with Crippen LogP contribution in [0.25, 0.3) is 10.9 Å². The second-order valence-electron chi connectivity index (χ2n) is 4.81. The molecule has 0 unspecified atom stereocenters. The van der Waals surface area contributed by atoms with Crippen LogP contribution in [0.1, 0.15) is 5.56 Å². The third-order valence-electron chi connectivity index (χ3n) is 3.39. The average molecular weight is 342 g/mol. The number of halogens is 1. The molecule has 0 atom stereocenters. The van der Waals surface area contributed by atoms with Crippen LogP contribution in [0.5, 0.6) is 0 Å². The van der Waals surface area contributed by atoms with E-state index in [0.717, 1.165) is 35.1 Å². The van der Waals surface area contributed by atoms with Gasteiger partial charge in [-0.25, -0.2) is 9.97 Å². The van der Waals surface area contributed by atoms with E-state index in [-0.39, 0.29) is 0 Å². The molecule has 0 bridgehead atoms. The number of alkyl halides is 1. The van der Waals surface area contributed by atoms with Crippen LogP contribution in [0.3, 0.4) is 0 Å². The molecule has 0 fully saturated rings. The highest BCUT2D eigenvalue weighted by molar-refractivity contribution is 9.09. The molecule has 3 nitrogen and oxygen atoms in total. The van der Waals surface area contributed by atoms with E-state index in [1.165, 1.54) is 5.56 Å². The minimum Gasteiger partial charge on any atom is -0.351 e. The highest BCUT2D eigenvalue weighted by atomic mass is 79.9. The number of rotatable bonds is 5. The van der Waals surface area contributed by atoms with Crippen molar-refractivity contribution in [2.45, 2.75) is 6.54 Å². The van der Waals surface area contributed by atoms with E-state index in [1.807, 2.05) is 24.3 Å². The molecule has 2 aromatic carbocycles. The summed E-state index contributed by atoms with van der Waals surface area (Å²) in [4.78, 5) is 11.1. The van der Waals surface area contributed by atoms with Crippen LogP contribution in [-0.2, 0) is 6.54 Å². The van der Waals surface area contributed by atoms with Crippen LogP contribution < -0.4 is 4.90 Å². The van der Waals surface area contributed by atoms with E-state index in [2.05, 4.69) is 61.1 Å². The summed E-state index contributed by atoms with van der Waals surface area (Å²) in [6.07, 6.45) is 1.64. The van der Waals surface area contributed by atoms with Crippen molar-refractivity contribution >= 4 is 32.7 Å². The van der Waals surface area contributed by atoms with Crippen LogP contribution in [0.4, 0.5) is 5.82 Å². The summed E-state index contributed by atoms with van der Waals surface area (Å²) in [6, 6.07) is 18.6. The smallest absolute Gasteiger partial charge is 0.140 e. The molecule has 3 aromatic rings. The molecule has 1 heterocycles. The zero-order valence-corrected chi connectivity index (χ0v) is 13.2. The van der Waals surface area contributed by atoms with Gasteiger partial charge in [0.2, 0.25) is 0 Å². The van der Waals surface area contributed by atoms with Gasteiger partial charge >= 0.3 is 0 Å². The van der Waals surface area contributed by atoms with E-state index in [4.69, 9.17) is 0 Å². The van der Waals surface area contributed by atoms with Crippen LogP contribution in [0.15, 0.2) is 60.9 Å². The van der Waals surface area contributed by atoms with Crippen LogP contribution in [0.2, 0.25) is 0 Å². The number of hydrogen-bond acceptors (Lipinski definition) is 3. The lowest BCUT2D eigenvalue weighted by molar-refractivity contribution is 0.824. The lowest BCUT2D eigenvalue weighted by Crippen LogP contribution is -2.26. The Bertz CT molecular complexity index is 710. The number of aromatic nitrogens is 2. The molecule has 0 saturated heterocycles. The zero-order valence-electron chi connectivity index (χ0n) is 11.6. The van der Waals surface area contributed by atoms with Crippen molar-refractivity contribution in [1.82, 2.24) is 9.97 Å². The van der Waals surface area contributed by atoms with Crippen molar-refractivity contribution in [2.24, 2.45) is 0 Å². The van der Waals surface area contributed by atoms with Gasteiger partial charge in [-0.3, -0.25) is 0 Å². The number of anilines is 1. The van der Waals surface area contributed by atoms with E-state index in [0.29, 0.717) is 0 Å². The first-order valence-electron chi connectivity index (χ1n) is 6.93. The molecule has 0 aliphatic carbocycles. The Balaban J connectivity index is 1.99. The highest BCUT2D eigenvalue weighted by Gasteiger charge is 2.12. The van der Waals surface area contributed by atoms with Crippen LogP contribution >= 0.6 is 15.9 Å². The van der Waals surface area contributed by atoms with E-state index >= 15 is 0 Å². The second-order valence-corrected chi connectivity index (χ2v) is 5.60. The standard InChI is InChI=1S/C17H16BrN3/c18-10-11-21(12-14-6-2-1-3-7-14)17-15-8-4-5-9-16(15)19-13-20-17/h1-9,13H,10-12H2. The van der Waals surface area contributed by atoms with Crippen LogP contribution in [0, 0.1) is 0 Å². The van der Waals surface area contributed by atoms with Crippen molar-refractivity contribution in [3.8, 4) is 0 Å². The predicted octanol–water partition coefficient (Wildman–Crippen LogP) is 4.03. The van der Waals surface area contributed by atoms with E-state index in [9.17, 15) is 0 Å². The molecule has 1 aromatic heterocycles. The van der Waals surface area contributed by atoms with Crippen molar-refractivity contribution in [2.75, 3.05) is 16.8 Å². The fraction of sp³-hybridized carbons (Fsp3) is 0.176. The van der Waals surface area contributed by atoms with Gasteiger partial charge in [0.05, 0.1) is 5.52 Å². The molecule has 0 N–H and O–H groups in total. The van der Waals surface area contributed by atoms with Gasteiger partial charge in [-0.2, -0.15) is 0 Å². The van der Waals surface area contributed by atoms with Crippen molar-refractivity contribution < 1.29 is 0 Å². The normalized spacial score (nSPS) is 10.7. The first-order chi connectivity index (χ1) is 10.4. The maximum atomic E-state index is 4.52. The minimum absolute atomic E-state index is 0.841. The van der Waals surface area contributed by atoms with Crippen molar-refractivity contribution in [1.29, 1.82) is 0 Å². The topological polar surface area (TPSA) is 29.0 Å². The molecule has 0 amide bonds. The van der Waals surface area contributed by atoms with Crippen LogP contribution in [-0.4, -0.2) is 21.8 Å². The Morgan fingerprint density at radius 2 is 1.67 bits per heavy atom. The average Bonchev–Trinajstić information content (AvgIpc) is 2.55. The van der Waals surface area contributed by atoms with Gasteiger partial charge in [0, 0.05) is 23.8 Å². The number of para-hydroxylation sites is 1. The van der Waals surface area contributed by atoms with Gasteiger partial charge < -0.3 is 4.90 Å². The molecule has 4 heteroatoms. The van der Waals surface area contributed by atoms with Gasteiger partial charge in [0.1, 0.15) is 12.1 Å². The van der Waals surface area contributed by atoms with Gasteiger partial charge in [0.25, 0.3) is 0 Å². The maximum Gasteiger partial charge on any atom is 0.140 e. The van der Waals surface area contributed by atoms with Crippen molar-refractivity contribution in [3.05, 3.63) is 66.5 Å². The van der Waals surface area contributed by atoms with Gasteiger partial charge in [-0.1, -0.05) is 58.4 Å². The van der Waals surface area contributed by atoms with Gasteiger partial charge in [-0.15, -0.1) is 0 Å². The second kappa shape index (κ2) is 6.68. The molecule has 0 aliphatic heterocycles. The molecule has 0 spiro atoms. The Morgan fingerprint density at radius 1 is 0.905 bits per heavy atom. The fourth-order valence-electron chi connectivity index (χ4n) is 2.41. The molecular weight excluding hydrogens is 326 g/mol. The molecule has 0 radical (unpaired) electrons. The fourth-order valence-corrected chi connectivity index (χ4v) is 2.84. The molecular formula is C17H16BrN3. The number of hydrogen-bond donors (Lipinski definition) is 0. The predicted molar refractivity (Wildman–Crippen MR) is 90.8 cm³/mol. The summed E-state index contributed by atoms with van der Waals surface area (Å²) in [6.45, 7) is 1.74. The summed E-state index contributed by atoms with van der Waals surface area (Å²) in [7, 11) is 0. The highest BCUT2D eigenvalue weighted by Crippen LogP contribution is 2.24. The first-order valence-corrected chi connectivity index (χ1v) is 8.05. The lowest BCUT2D eigenvalue weighted by atomic mass is 10.2. The Labute approximate surface area is 132 Å². The van der Waals surface area contributed by atoms with Gasteiger partial charge in [-0.05, 0) is 17.7 Å². The number of nitrogens with zero attached hydrogens (tertiary/aromatic N) is 3. The number of fused-ring (bicyclic) bond motifs is 1. The molecule has 3 rings (SSSR count). The van der Waals surface area contributed by atoms with E-state index < -0.39 is 0 Å². The van der Waals surface area contributed by atoms with Crippen molar-refractivity contribution in [3.63, 3.8) is 0 Å². The van der Waals surface area contributed by atoms with Gasteiger partial charge in [0.15, 0.2) is 0 Å². The first kappa shape index (κ1) is 14.0. The Kier molecular flexibility index (Phi) is 4.46. The monoisotopic (exact) mass is 341 g/mol. The Morgan fingerprint density at radius 3 is 2.48 bits per heavy atom. The molecule has 0 aliphatic rings. The largest absolute Gasteiger partial charge is 0.351 e. The van der Waals surface area contributed by atoms with E-state index in [1.54, 1.807) is 6.33 Å². The molecule has 106 valence electrons. The SMILES string of the molecule is BrCCN(Cc1ccccc1)c1ncnc2ccccc12. The summed E-state index contributed by atoms with van der Waals surface area (Å²) >= 11 is 3.54. The summed E-state index contributed by atoms with van der Waals surface area (Å²) < 4.78 is 0. The summed E-state index contributed by atoms with van der Waals surface area (Å²) in [5.74, 6) is 0.990. The zero-order chi connectivity index (χ0) is 14.5. The minimum atomic E-state index is 0.841.